The first-order valence-corrected chi connectivity index (χ1v) is 7.66. The number of aromatic nitrogens is 2. The van der Waals surface area contributed by atoms with E-state index in [1.54, 1.807) is 10.9 Å². The minimum Gasteiger partial charge on any atom is -0.338 e. The highest BCUT2D eigenvalue weighted by Crippen LogP contribution is 2.28. The summed E-state index contributed by atoms with van der Waals surface area (Å²) in [4.78, 5) is 14.4. The number of carbonyl (C=O) groups excluding carboxylic acids is 1. The van der Waals surface area contributed by atoms with Crippen LogP contribution in [0.25, 0.3) is 0 Å². The molecule has 1 aliphatic heterocycles. The average molecular weight is 313 g/mol. The maximum atomic E-state index is 12.5. The van der Waals surface area contributed by atoms with Gasteiger partial charge in [-0.1, -0.05) is 0 Å². The van der Waals surface area contributed by atoms with Crippen molar-refractivity contribution in [2.45, 2.75) is 38.6 Å². The Morgan fingerprint density at radius 1 is 1.33 bits per heavy atom. The highest BCUT2D eigenvalue weighted by molar-refractivity contribution is 5.95. The number of halogens is 1. The molecule has 0 aromatic carbocycles. The largest absolute Gasteiger partial charge is 0.338 e. The van der Waals surface area contributed by atoms with Crippen molar-refractivity contribution in [1.82, 2.24) is 20.0 Å². The Morgan fingerprint density at radius 2 is 2.00 bits per heavy atom. The molecule has 2 fully saturated rings. The molecule has 0 radical (unpaired) electrons. The standard InChI is InChI=1S/C15H24N4O.ClH/c1-11-14(10-17-18(11)2)15(20)19-7-5-13(6-8-19)16-9-12-3-4-12;/h10,12-13,16H,3-9H2,1-2H3;1H. The summed E-state index contributed by atoms with van der Waals surface area (Å²) in [5, 5.41) is 7.80. The second-order valence-electron chi connectivity index (χ2n) is 6.19. The highest BCUT2D eigenvalue weighted by atomic mass is 35.5. The molecule has 2 aliphatic rings. The van der Waals surface area contributed by atoms with Gasteiger partial charge < -0.3 is 10.2 Å². The third kappa shape index (κ3) is 3.77. The first-order valence-electron chi connectivity index (χ1n) is 7.66. The minimum atomic E-state index is 0. The molecule has 0 spiro atoms. The third-order valence-corrected chi connectivity index (χ3v) is 4.64. The summed E-state index contributed by atoms with van der Waals surface area (Å²) in [5.41, 5.74) is 1.70. The lowest BCUT2D eigenvalue weighted by atomic mass is 10.0. The van der Waals surface area contributed by atoms with E-state index >= 15 is 0 Å². The fourth-order valence-corrected chi connectivity index (χ4v) is 2.82. The fraction of sp³-hybridized carbons (Fsp3) is 0.733. The number of hydrogen-bond acceptors (Lipinski definition) is 3. The van der Waals surface area contributed by atoms with Gasteiger partial charge in [-0.3, -0.25) is 9.48 Å². The van der Waals surface area contributed by atoms with Crippen molar-refractivity contribution in [1.29, 1.82) is 0 Å². The molecule has 0 unspecified atom stereocenters. The maximum absolute atomic E-state index is 12.5. The molecule has 1 amide bonds. The molecule has 1 saturated heterocycles. The Balaban J connectivity index is 0.00000161. The molecular weight excluding hydrogens is 288 g/mol. The van der Waals surface area contributed by atoms with Gasteiger partial charge in [0, 0.05) is 31.9 Å². The van der Waals surface area contributed by atoms with Crippen molar-refractivity contribution in [3.63, 3.8) is 0 Å². The average Bonchev–Trinajstić information content (AvgIpc) is 3.24. The molecule has 5 nitrogen and oxygen atoms in total. The molecule has 2 heterocycles. The number of rotatable bonds is 4. The first-order chi connectivity index (χ1) is 9.65. The number of carbonyl (C=O) groups is 1. The zero-order valence-corrected chi connectivity index (χ0v) is 13.7. The van der Waals surface area contributed by atoms with E-state index in [0.29, 0.717) is 6.04 Å². The van der Waals surface area contributed by atoms with E-state index in [4.69, 9.17) is 0 Å². The van der Waals surface area contributed by atoms with Crippen LogP contribution in [0.1, 0.15) is 41.7 Å². The van der Waals surface area contributed by atoms with E-state index in [-0.39, 0.29) is 18.3 Å². The predicted octanol–water partition coefficient (Wildman–Crippen LogP) is 1.75. The maximum Gasteiger partial charge on any atom is 0.257 e. The predicted molar refractivity (Wildman–Crippen MR) is 84.8 cm³/mol. The van der Waals surface area contributed by atoms with Crippen molar-refractivity contribution in [2.24, 2.45) is 13.0 Å². The Kier molecular flexibility index (Phi) is 5.27. The van der Waals surface area contributed by atoms with Gasteiger partial charge in [-0.05, 0) is 45.1 Å². The summed E-state index contributed by atoms with van der Waals surface area (Å²) in [5.74, 6) is 1.06. The lowest BCUT2D eigenvalue weighted by Crippen LogP contribution is -2.45. The van der Waals surface area contributed by atoms with E-state index in [0.717, 1.165) is 43.1 Å². The van der Waals surface area contributed by atoms with Gasteiger partial charge in [0.05, 0.1) is 11.8 Å². The summed E-state index contributed by atoms with van der Waals surface area (Å²) in [6.07, 6.45) is 6.61. The van der Waals surface area contributed by atoms with Crippen LogP contribution in [0.15, 0.2) is 6.20 Å². The van der Waals surface area contributed by atoms with E-state index < -0.39 is 0 Å². The summed E-state index contributed by atoms with van der Waals surface area (Å²) < 4.78 is 1.76. The van der Waals surface area contributed by atoms with Crippen molar-refractivity contribution in [3.8, 4) is 0 Å². The van der Waals surface area contributed by atoms with Crippen LogP contribution in [0, 0.1) is 12.8 Å². The normalized spacial score (nSPS) is 19.4. The van der Waals surface area contributed by atoms with Gasteiger partial charge in [0.15, 0.2) is 0 Å². The van der Waals surface area contributed by atoms with Crippen LogP contribution in [0.3, 0.4) is 0 Å². The van der Waals surface area contributed by atoms with Crippen LogP contribution >= 0.6 is 12.4 Å². The lowest BCUT2D eigenvalue weighted by molar-refractivity contribution is 0.0704. The number of aryl methyl sites for hydroxylation is 1. The first kappa shape index (κ1) is 16.3. The lowest BCUT2D eigenvalue weighted by Gasteiger charge is -2.32. The van der Waals surface area contributed by atoms with Crippen molar-refractivity contribution < 1.29 is 4.79 Å². The summed E-state index contributed by atoms with van der Waals surface area (Å²) in [7, 11) is 1.88. The molecule has 118 valence electrons. The van der Waals surface area contributed by atoms with Gasteiger partial charge in [-0.2, -0.15) is 5.10 Å². The zero-order valence-electron chi connectivity index (χ0n) is 12.8. The van der Waals surface area contributed by atoms with E-state index in [1.165, 1.54) is 19.4 Å². The highest BCUT2D eigenvalue weighted by Gasteiger charge is 2.27. The van der Waals surface area contributed by atoms with E-state index in [9.17, 15) is 4.79 Å². The molecule has 1 aromatic rings. The van der Waals surface area contributed by atoms with Crippen LogP contribution in [0.5, 0.6) is 0 Å². The van der Waals surface area contributed by atoms with Crippen LogP contribution in [-0.4, -0.2) is 46.3 Å². The molecule has 1 saturated carbocycles. The number of hydrogen-bond donors (Lipinski definition) is 1. The monoisotopic (exact) mass is 312 g/mol. The second-order valence-corrected chi connectivity index (χ2v) is 6.19. The summed E-state index contributed by atoms with van der Waals surface area (Å²) in [6, 6.07) is 0.592. The fourth-order valence-electron chi connectivity index (χ4n) is 2.82. The topological polar surface area (TPSA) is 50.2 Å². The van der Waals surface area contributed by atoms with Crippen LogP contribution in [0.4, 0.5) is 0 Å². The molecule has 0 bridgehead atoms. The van der Waals surface area contributed by atoms with Gasteiger partial charge in [0.25, 0.3) is 5.91 Å². The van der Waals surface area contributed by atoms with E-state index in [2.05, 4.69) is 10.4 Å². The molecule has 6 heteroatoms. The molecular formula is C15H25ClN4O. The zero-order chi connectivity index (χ0) is 14.1. The number of nitrogens with zero attached hydrogens (tertiary/aromatic N) is 3. The van der Waals surface area contributed by atoms with Crippen molar-refractivity contribution in [2.75, 3.05) is 19.6 Å². The van der Waals surface area contributed by atoms with Gasteiger partial charge in [-0.15, -0.1) is 12.4 Å². The number of likely N-dealkylation sites (tertiary alicyclic amines) is 1. The molecule has 3 rings (SSSR count). The van der Waals surface area contributed by atoms with Gasteiger partial charge in [0.1, 0.15) is 0 Å². The molecule has 1 N–H and O–H groups in total. The van der Waals surface area contributed by atoms with Crippen LogP contribution in [-0.2, 0) is 7.05 Å². The molecule has 21 heavy (non-hydrogen) atoms. The Hall–Kier alpha value is -1.07. The third-order valence-electron chi connectivity index (χ3n) is 4.64. The number of nitrogens with one attached hydrogen (secondary N) is 1. The van der Waals surface area contributed by atoms with Crippen LogP contribution in [0.2, 0.25) is 0 Å². The molecule has 0 atom stereocenters. The summed E-state index contributed by atoms with van der Waals surface area (Å²) >= 11 is 0. The van der Waals surface area contributed by atoms with E-state index in [1.807, 2.05) is 18.9 Å². The number of amides is 1. The smallest absolute Gasteiger partial charge is 0.257 e. The minimum absolute atomic E-state index is 0. The van der Waals surface area contributed by atoms with Crippen LogP contribution < -0.4 is 5.32 Å². The molecule has 1 aromatic heterocycles. The summed E-state index contributed by atoms with van der Waals surface area (Å²) in [6.45, 7) is 4.83. The van der Waals surface area contributed by atoms with Gasteiger partial charge in [-0.25, -0.2) is 0 Å². The second kappa shape index (κ2) is 6.79. The quantitative estimate of drug-likeness (QED) is 0.921. The van der Waals surface area contributed by atoms with Crippen molar-refractivity contribution in [3.05, 3.63) is 17.5 Å². The van der Waals surface area contributed by atoms with Gasteiger partial charge >= 0.3 is 0 Å². The Morgan fingerprint density at radius 3 is 2.52 bits per heavy atom. The van der Waals surface area contributed by atoms with Gasteiger partial charge in [0.2, 0.25) is 0 Å². The SMILES string of the molecule is Cc1c(C(=O)N2CCC(NCC3CC3)CC2)cnn1C.Cl. The Labute approximate surface area is 132 Å². The number of piperidine rings is 1. The molecule has 1 aliphatic carbocycles. The Bertz CT molecular complexity index is 490. The van der Waals surface area contributed by atoms with Crippen molar-refractivity contribution >= 4 is 18.3 Å².